The van der Waals surface area contributed by atoms with Gasteiger partial charge in [-0.15, -0.1) is 0 Å². The number of amides is 7. The van der Waals surface area contributed by atoms with Crippen LogP contribution in [0.4, 0.5) is 0 Å². The first-order valence-corrected chi connectivity index (χ1v) is 25.1. The Hall–Kier alpha value is -6.62. The Morgan fingerprint density at radius 3 is 1.38 bits per heavy atom. The van der Waals surface area contributed by atoms with Gasteiger partial charge in [-0.25, -0.2) is 4.79 Å². The maximum absolute atomic E-state index is 13.5. The van der Waals surface area contributed by atoms with Crippen LogP contribution in [0.2, 0.25) is 0 Å². The summed E-state index contributed by atoms with van der Waals surface area (Å²) in [6.07, 6.45) is 10.1. The lowest BCUT2D eigenvalue weighted by Gasteiger charge is -2.27. The summed E-state index contributed by atoms with van der Waals surface area (Å²) in [6, 6.07) is 20.3. The second-order valence-corrected chi connectivity index (χ2v) is 18.8. The fourth-order valence-electron chi connectivity index (χ4n) is 8.15. The van der Waals surface area contributed by atoms with Crippen LogP contribution in [0.3, 0.4) is 0 Å². The van der Waals surface area contributed by atoms with Gasteiger partial charge in [-0.05, 0) is 54.4 Å². The average molecular weight is 984 g/mol. The van der Waals surface area contributed by atoms with E-state index in [9.17, 15) is 48.6 Å². The molecule has 0 unspecified atom stereocenters. The highest BCUT2D eigenvalue weighted by atomic mass is 16.4. The third-order valence-corrected chi connectivity index (χ3v) is 12.1. The molecule has 17 nitrogen and oxygen atoms in total. The Morgan fingerprint density at radius 1 is 0.479 bits per heavy atom. The molecule has 0 saturated heterocycles. The predicted octanol–water partition coefficient (Wildman–Crippen LogP) is 4.90. The number of hydrogen-bond donors (Lipinski definition) is 9. The van der Waals surface area contributed by atoms with Gasteiger partial charge in [-0.1, -0.05) is 163 Å². The van der Waals surface area contributed by atoms with E-state index in [0.29, 0.717) is 18.4 Å². The van der Waals surface area contributed by atoms with Crippen LogP contribution < -0.4 is 38.1 Å². The number of carbonyl (C=O) groups excluding carboxylic acids is 7. The van der Waals surface area contributed by atoms with Crippen molar-refractivity contribution in [2.24, 2.45) is 17.4 Å². The van der Waals surface area contributed by atoms with Crippen molar-refractivity contribution in [1.82, 2.24) is 26.6 Å². The van der Waals surface area contributed by atoms with E-state index in [4.69, 9.17) is 11.5 Å². The van der Waals surface area contributed by atoms with Crippen molar-refractivity contribution in [3.8, 4) is 11.1 Å². The Bertz CT molecular complexity index is 2140. The van der Waals surface area contributed by atoms with E-state index in [1.807, 2.05) is 68.4 Å². The van der Waals surface area contributed by atoms with Crippen molar-refractivity contribution in [3.05, 3.63) is 96.1 Å². The standard InChI is InChI=1S/C54H77N7O10/c1-36(2)32-43(51(67)58-42(50(56)66)33-39-28-30-41(31-29-39)40-24-18-15-19-25-40)59-53(69)49(37(3)62)61-48(65)27-21-13-11-9-7-5-4-6-8-10-12-20-26-47(64)57-44(35-46(55)63)52(68)60-45(54(70)71)34-38-22-16-14-17-23-38/h14-19,22-25,28-31,36-37,42-45,49,62H,4-13,20-21,26-27,32-35H2,1-3H3,(H2,55,63)(H2,56,66)(H,57,64)(H,58,67)(H,59,69)(H,60,68)(H,61,65)(H,70,71)/t37-,42-,43-,44-,45-,49-/m0/s1. The monoisotopic (exact) mass is 984 g/mol. The molecule has 17 heteroatoms. The molecule has 388 valence electrons. The Morgan fingerprint density at radius 2 is 0.901 bits per heavy atom. The summed E-state index contributed by atoms with van der Waals surface area (Å²) in [4.78, 5) is 101. The number of hydrogen-bond acceptors (Lipinski definition) is 9. The summed E-state index contributed by atoms with van der Waals surface area (Å²) in [5, 5.41) is 33.1. The zero-order valence-corrected chi connectivity index (χ0v) is 41.7. The molecule has 11 N–H and O–H groups in total. The minimum atomic E-state index is -1.29. The van der Waals surface area contributed by atoms with Crippen LogP contribution in [0.5, 0.6) is 0 Å². The molecule has 3 aromatic rings. The number of carbonyl (C=O) groups is 8. The van der Waals surface area contributed by atoms with Gasteiger partial charge in [-0.3, -0.25) is 33.6 Å². The number of aliphatic hydroxyl groups is 1. The first-order chi connectivity index (χ1) is 33.9. The van der Waals surface area contributed by atoms with E-state index >= 15 is 0 Å². The van der Waals surface area contributed by atoms with Gasteiger partial charge in [0.15, 0.2) is 0 Å². The number of nitrogens with one attached hydrogen (secondary N) is 5. The number of rotatable bonds is 35. The Kier molecular flexibility index (Phi) is 26.7. The molecular weight excluding hydrogens is 907 g/mol. The van der Waals surface area contributed by atoms with Crippen molar-refractivity contribution in [2.45, 2.75) is 173 Å². The van der Waals surface area contributed by atoms with Gasteiger partial charge in [0, 0.05) is 25.7 Å². The van der Waals surface area contributed by atoms with Gasteiger partial charge in [0.1, 0.15) is 30.2 Å². The molecule has 6 atom stereocenters. The smallest absolute Gasteiger partial charge is 0.326 e. The molecule has 0 bridgehead atoms. The molecule has 0 aromatic heterocycles. The third kappa shape index (κ3) is 23.7. The molecule has 0 spiro atoms. The SMILES string of the molecule is CC(C)C[C@H](NC(=O)[C@@H](NC(=O)CCCCCCCCCCCCCCC(=O)N[C@@H](CC(N)=O)C(=O)N[C@@H](Cc1ccccc1)C(=O)O)[C@H](C)O)C(=O)N[C@@H](Cc1ccc(-c2ccccc2)cc1)C(N)=O. The number of benzene rings is 3. The Balaban J connectivity index is 1.29. The van der Waals surface area contributed by atoms with Gasteiger partial charge >= 0.3 is 5.97 Å². The maximum Gasteiger partial charge on any atom is 0.326 e. The number of aliphatic carboxylic acids is 1. The molecular formula is C54H77N7O10. The zero-order valence-electron chi connectivity index (χ0n) is 41.7. The lowest BCUT2D eigenvalue weighted by atomic mass is 9.99. The third-order valence-electron chi connectivity index (χ3n) is 12.1. The molecule has 0 aliphatic heterocycles. The van der Waals surface area contributed by atoms with Gasteiger partial charge in [0.25, 0.3) is 0 Å². The summed E-state index contributed by atoms with van der Waals surface area (Å²) < 4.78 is 0. The molecule has 0 fully saturated rings. The summed E-state index contributed by atoms with van der Waals surface area (Å²) >= 11 is 0. The highest BCUT2D eigenvalue weighted by Gasteiger charge is 2.32. The fraction of sp³-hybridized carbons (Fsp3) is 0.519. The average Bonchev–Trinajstić information content (AvgIpc) is 3.32. The van der Waals surface area contributed by atoms with Crippen molar-refractivity contribution in [1.29, 1.82) is 0 Å². The summed E-state index contributed by atoms with van der Waals surface area (Å²) in [5.41, 5.74) is 14.5. The number of nitrogens with two attached hydrogens (primary N) is 2. The lowest BCUT2D eigenvalue weighted by Crippen LogP contribution is -2.59. The summed E-state index contributed by atoms with van der Waals surface area (Å²) in [5.74, 6) is -5.70. The molecule has 0 aliphatic rings. The maximum atomic E-state index is 13.5. The van der Waals surface area contributed by atoms with E-state index in [1.54, 1.807) is 30.3 Å². The molecule has 0 aliphatic carbocycles. The molecule has 71 heavy (non-hydrogen) atoms. The molecule has 0 radical (unpaired) electrons. The van der Waals surface area contributed by atoms with Gasteiger partial charge in [0.05, 0.1) is 12.5 Å². The van der Waals surface area contributed by atoms with Crippen LogP contribution >= 0.6 is 0 Å². The summed E-state index contributed by atoms with van der Waals surface area (Å²) in [6.45, 7) is 5.16. The van der Waals surface area contributed by atoms with E-state index < -0.39 is 84.1 Å². The van der Waals surface area contributed by atoms with E-state index in [2.05, 4.69) is 26.6 Å². The first-order valence-electron chi connectivity index (χ1n) is 25.1. The van der Waals surface area contributed by atoms with Crippen LogP contribution in [0.15, 0.2) is 84.9 Å². The first kappa shape index (κ1) is 58.7. The van der Waals surface area contributed by atoms with E-state index in [-0.39, 0.29) is 43.9 Å². The van der Waals surface area contributed by atoms with Crippen LogP contribution in [0, 0.1) is 5.92 Å². The fourth-order valence-corrected chi connectivity index (χ4v) is 8.15. The van der Waals surface area contributed by atoms with Gasteiger partial charge in [-0.2, -0.15) is 0 Å². The minimum Gasteiger partial charge on any atom is -0.480 e. The number of carboxylic acids is 1. The second kappa shape index (κ2) is 32.3. The van der Waals surface area contributed by atoms with Crippen molar-refractivity contribution < 1.29 is 48.6 Å². The van der Waals surface area contributed by atoms with E-state index in [1.165, 1.54) is 6.92 Å². The van der Waals surface area contributed by atoms with Crippen molar-refractivity contribution in [2.75, 3.05) is 0 Å². The number of aliphatic hydroxyl groups excluding tert-OH is 1. The van der Waals surface area contributed by atoms with Crippen molar-refractivity contribution in [3.63, 3.8) is 0 Å². The molecule has 3 aromatic carbocycles. The van der Waals surface area contributed by atoms with Crippen LogP contribution in [0.1, 0.15) is 135 Å². The zero-order chi connectivity index (χ0) is 52.1. The van der Waals surface area contributed by atoms with Crippen LogP contribution in [-0.4, -0.2) is 93.8 Å². The quantitative estimate of drug-likeness (QED) is 0.0360. The molecule has 7 amide bonds. The van der Waals surface area contributed by atoms with Gasteiger partial charge < -0.3 is 48.3 Å². The van der Waals surface area contributed by atoms with Crippen molar-refractivity contribution >= 4 is 47.3 Å². The summed E-state index contributed by atoms with van der Waals surface area (Å²) in [7, 11) is 0. The highest BCUT2D eigenvalue weighted by Crippen LogP contribution is 2.20. The van der Waals surface area contributed by atoms with Crippen LogP contribution in [-0.2, 0) is 51.2 Å². The number of primary amides is 2. The van der Waals surface area contributed by atoms with E-state index in [0.717, 1.165) is 80.9 Å². The lowest BCUT2D eigenvalue weighted by molar-refractivity contribution is -0.142. The Labute approximate surface area is 418 Å². The van der Waals surface area contributed by atoms with Crippen LogP contribution in [0.25, 0.3) is 11.1 Å². The predicted molar refractivity (Wildman–Crippen MR) is 272 cm³/mol. The number of unbranched alkanes of at least 4 members (excludes halogenated alkanes) is 11. The second-order valence-electron chi connectivity index (χ2n) is 18.8. The normalized spacial score (nSPS) is 13.6. The minimum absolute atomic E-state index is 0.0216. The topological polar surface area (TPSA) is 289 Å². The molecule has 0 heterocycles. The number of carboxylic acid groups (broad SMARTS) is 1. The highest BCUT2D eigenvalue weighted by molar-refractivity contribution is 5.95. The van der Waals surface area contributed by atoms with Gasteiger partial charge in [0.2, 0.25) is 41.4 Å². The largest absolute Gasteiger partial charge is 0.480 e. The molecule has 0 saturated carbocycles. The molecule has 3 rings (SSSR count).